The van der Waals surface area contributed by atoms with Crippen LogP contribution in [0.5, 0.6) is 5.75 Å². The number of aliphatic hydroxyl groups is 1. The highest BCUT2D eigenvalue weighted by Crippen LogP contribution is 2.35. The summed E-state index contributed by atoms with van der Waals surface area (Å²) in [7, 11) is 1.50. The molecular formula is C21H25F3N4O4. The molecule has 8 nitrogen and oxygen atoms in total. The van der Waals surface area contributed by atoms with Gasteiger partial charge >= 0.3 is 6.18 Å². The van der Waals surface area contributed by atoms with Gasteiger partial charge in [-0.1, -0.05) is 12.1 Å². The van der Waals surface area contributed by atoms with Gasteiger partial charge in [-0.3, -0.25) is 9.36 Å². The quantitative estimate of drug-likeness (QED) is 0.740. The number of hydrogen-bond donors (Lipinski definition) is 1. The van der Waals surface area contributed by atoms with E-state index in [-0.39, 0.29) is 25.5 Å². The van der Waals surface area contributed by atoms with Gasteiger partial charge in [0.05, 0.1) is 33.0 Å². The molecule has 2 aromatic rings. The van der Waals surface area contributed by atoms with Crippen LogP contribution in [0.4, 0.5) is 24.9 Å². The first-order chi connectivity index (χ1) is 15.3. The Morgan fingerprint density at radius 3 is 2.53 bits per heavy atom. The molecule has 2 aliphatic rings. The number of hydrogen-bond acceptors (Lipinski definition) is 7. The number of fused-ring (bicyclic) bond motifs is 1. The van der Waals surface area contributed by atoms with Crippen molar-refractivity contribution in [3.63, 3.8) is 0 Å². The lowest BCUT2D eigenvalue weighted by atomic mass is 10.1. The molecule has 1 fully saturated rings. The maximum atomic E-state index is 13.9. The second kappa shape index (κ2) is 8.99. The standard InChI is InChI=1S/C21H25F3N4O4/c1-31-15-4-2-14(3-5-15)16(29)13-28-17(21(22,23)24)6-7-27-19(30)12-18(25-20(27)28)26-8-10-32-11-9-26/h2-5,12,16-17,29H,6-11,13H2,1H3/t16-,17+/m1/s1. The van der Waals surface area contributed by atoms with E-state index in [2.05, 4.69) is 4.98 Å². The number of benzene rings is 1. The van der Waals surface area contributed by atoms with Crippen LogP contribution in [0, 0.1) is 0 Å². The first-order valence-electron chi connectivity index (χ1n) is 10.4. The Bertz CT molecular complexity index is 990. The molecule has 1 N–H and O–H groups in total. The number of ether oxygens (including phenoxy) is 2. The van der Waals surface area contributed by atoms with Crippen molar-refractivity contribution in [2.24, 2.45) is 0 Å². The average molecular weight is 454 g/mol. The van der Waals surface area contributed by atoms with Crippen LogP contribution in [0.3, 0.4) is 0 Å². The molecule has 0 aliphatic carbocycles. The molecule has 1 saturated heterocycles. The second-order valence-corrected chi connectivity index (χ2v) is 7.79. The summed E-state index contributed by atoms with van der Waals surface area (Å²) in [4.78, 5) is 20.0. The van der Waals surface area contributed by atoms with E-state index in [1.807, 2.05) is 4.90 Å². The third-order valence-corrected chi connectivity index (χ3v) is 5.82. The molecule has 0 amide bonds. The summed E-state index contributed by atoms with van der Waals surface area (Å²) in [5, 5.41) is 10.7. The van der Waals surface area contributed by atoms with Gasteiger partial charge in [0.1, 0.15) is 17.6 Å². The van der Waals surface area contributed by atoms with Crippen molar-refractivity contribution in [2.45, 2.75) is 31.3 Å². The van der Waals surface area contributed by atoms with Gasteiger partial charge in [0.25, 0.3) is 5.56 Å². The largest absolute Gasteiger partial charge is 0.497 e. The summed E-state index contributed by atoms with van der Waals surface area (Å²) in [5.41, 5.74) is 0.0246. The van der Waals surface area contributed by atoms with Crippen molar-refractivity contribution in [1.29, 1.82) is 0 Å². The van der Waals surface area contributed by atoms with Crippen LogP contribution < -0.4 is 20.1 Å². The minimum Gasteiger partial charge on any atom is -0.497 e. The number of aliphatic hydroxyl groups excluding tert-OH is 1. The number of aromatic nitrogens is 2. The Hall–Kier alpha value is -2.79. The van der Waals surface area contributed by atoms with E-state index in [9.17, 15) is 23.1 Å². The van der Waals surface area contributed by atoms with Crippen LogP contribution in [0.1, 0.15) is 18.1 Å². The zero-order chi connectivity index (χ0) is 22.9. The number of alkyl halides is 3. The topological polar surface area (TPSA) is 80.1 Å². The number of anilines is 2. The van der Waals surface area contributed by atoms with Gasteiger partial charge in [0, 0.05) is 25.7 Å². The van der Waals surface area contributed by atoms with Gasteiger partial charge < -0.3 is 24.4 Å². The fourth-order valence-electron chi connectivity index (χ4n) is 4.08. The van der Waals surface area contributed by atoms with Crippen LogP contribution in [0.25, 0.3) is 0 Å². The number of nitrogens with zero attached hydrogens (tertiary/aromatic N) is 4. The third-order valence-electron chi connectivity index (χ3n) is 5.82. The molecule has 32 heavy (non-hydrogen) atoms. The Balaban J connectivity index is 1.70. The summed E-state index contributed by atoms with van der Waals surface area (Å²) in [6.07, 6.45) is -6.07. The summed E-state index contributed by atoms with van der Waals surface area (Å²) in [5.74, 6) is 0.803. The Kier molecular flexibility index (Phi) is 6.29. The van der Waals surface area contributed by atoms with Gasteiger partial charge in [0.15, 0.2) is 0 Å². The summed E-state index contributed by atoms with van der Waals surface area (Å²) in [6.45, 7) is 1.43. The summed E-state index contributed by atoms with van der Waals surface area (Å²) in [6, 6.07) is 5.94. The predicted molar refractivity (Wildman–Crippen MR) is 111 cm³/mol. The fraction of sp³-hybridized carbons (Fsp3) is 0.524. The smallest absolute Gasteiger partial charge is 0.408 e. The molecule has 0 radical (unpaired) electrons. The number of rotatable bonds is 5. The van der Waals surface area contributed by atoms with E-state index in [0.29, 0.717) is 43.4 Å². The van der Waals surface area contributed by atoms with Crippen LogP contribution >= 0.6 is 0 Å². The molecule has 11 heteroatoms. The van der Waals surface area contributed by atoms with E-state index in [0.717, 1.165) is 4.90 Å². The number of halogens is 3. The lowest BCUT2D eigenvalue weighted by Gasteiger charge is -2.40. The highest BCUT2D eigenvalue weighted by molar-refractivity contribution is 5.47. The third kappa shape index (κ3) is 4.53. The van der Waals surface area contributed by atoms with Crippen molar-refractivity contribution in [2.75, 3.05) is 49.8 Å². The van der Waals surface area contributed by atoms with Gasteiger partial charge in [-0.05, 0) is 24.1 Å². The van der Waals surface area contributed by atoms with E-state index >= 15 is 0 Å². The normalized spacial score (nSPS) is 20.1. The zero-order valence-electron chi connectivity index (χ0n) is 17.6. The number of β-amino-alcohol motifs (C(OH)–C–C–N with tert-alkyl or cyclic N) is 1. The highest BCUT2D eigenvalue weighted by Gasteiger charge is 2.47. The maximum absolute atomic E-state index is 13.9. The van der Waals surface area contributed by atoms with Crippen molar-refractivity contribution in [3.05, 3.63) is 46.2 Å². The minimum absolute atomic E-state index is 0.0832. The number of methoxy groups -OCH3 is 1. The first-order valence-corrected chi connectivity index (χ1v) is 10.4. The molecule has 174 valence electrons. The second-order valence-electron chi connectivity index (χ2n) is 7.79. The predicted octanol–water partition coefficient (Wildman–Crippen LogP) is 1.96. The lowest BCUT2D eigenvalue weighted by molar-refractivity contribution is -0.153. The highest BCUT2D eigenvalue weighted by atomic mass is 19.4. The SMILES string of the molecule is COc1ccc([C@H](O)CN2c3nc(N4CCOCC4)cc(=O)n3CC[C@H]2C(F)(F)F)cc1. The van der Waals surface area contributed by atoms with Crippen LogP contribution in [0.15, 0.2) is 35.1 Å². The first kappa shape index (κ1) is 22.4. The molecular weight excluding hydrogens is 429 g/mol. The summed E-state index contributed by atoms with van der Waals surface area (Å²) >= 11 is 0. The Labute approximate surface area is 182 Å². The molecule has 2 aliphatic heterocycles. The van der Waals surface area contributed by atoms with Crippen LogP contribution in [-0.2, 0) is 11.3 Å². The monoisotopic (exact) mass is 454 g/mol. The van der Waals surface area contributed by atoms with E-state index in [1.165, 1.54) is 17.7 Å². The maximum Gasteiger partial charge on any atom is 0.408 e. The van der Waals surface area contributed by atoms with Gasteiger partial charge in [-0.2, -0.15) is 18.2 Å². The van der Waals surface area contributed by atoms with Gasteiger partial charge in [-0.15, -0.1) is 0 Å². The minimum atomic E-state index is -4.54. The summed E-state index contributed by atoms with van der Waals surface area (Å²) < 4.78 is 53.4. The van der Waals surface area contributed by atoms with Gasteiger partial charge in [-0.25, -0.2) is 0 Å². The Morgan fingerprint density at radius 1 is 1.22 bits per heavy atom. The van der Waals surface area contributed by atoms with Crippen molar-refractivity contribution < 1.29 is 27.8 Å². The Morgan fingerprint density at radius 2 is 1.91 bits per heavy atom. The van der Waals surface area contributed by atoms with Gasteiger partial charge in [0.2, 0.25) is 5.95 Å². The molecule has 1 aromatic heterocycles. The molecule has 4 rings (SSSR count). The molecule has 3 heterocycles. The van der Waals surface area contributed by atoms with Crippen LogP contribution in [-0.4, -0.2) is 66.8 Å². The fourth-order valence-corrected chi connectivity index (χ4v) is 4.08. The molecule has 0 spiro atoms. The lowest BCUT2D eigenvalue weighted by Crippen LogP contribution is -2.53. The van der Waals surface area contributed by atoms with E-state index < -0.39 is 23.9 Å². The molecule has 0 bridgehead atoms. The molecule has 0 saturated carbocycles. The van der Waals surface area contributed by atoms with E-state index in [4.69, 9.17) is 9.47 Å². The molecule has 1 aromatic carbocycles. The average Bonchev–Trinajstić information content (AvgIpc) is 2.79. The molecule has 2 atom stereocenters. The van der Waals surface area contributed by atoms with Crippen LogP contribution in [0.2, 0.25) is 0 Å². The molecule has 0 unspecified atom stereocenters. The zero-order valence-corrected chi connectivity index (χ0v) is 17.6. The van der Waals surface area contributed by atoms with Crippen molar-refractivity contribution >= 4 is 11.8 Å². The van der Waals surface area contributed by atoms with Crippen molar-refractivity contribution in [3.8, 4) is 5.75 Å². The van der Waals surface area contributed by atoms with Crippen molar-refractivity contribution in [1.82, 2.24) is 9.55 Å². The number of morpholine rings is 1. The van der Waals surface area contributed by atoms with E-state index in [1.54, 1.807) is 24.3 Å².